The Morgan fingerprint density at radius 1 is 1.17 bits per heavy atom. The highest BCUT2D eigenvalue weighted by molar-refractivity contribution is 6.35. The van der Waals surface area contributed by atoms with Gasteiger partial charge in [-0.1, -0.05) is 11.6 Å². The molecule has 5 rings (SSSR count). The van der Waals surface area contributed by atoms with Crippen molar-refractivity contribution in [3.8, 4) is 11.3 Å². The number of hydrogen-bond acceptors (Lipinski definition) is 4. The first-order valence-corrected chi connectivity index (χ1v) is 12.0. The fraction of sp³-hybridized carbons (Fsp3) is 0.259. The summed E-state index contributed by atoms with van der Waals surface area (Å²) in [6, 6.07) is 12.8. The number of rotatable bonds is 6. The number of fused-ring (bicyclic) bond motifs is 1. The van der Waals surface area contributed by atoms with Gasteiger partial charge in [-0.15, -0.1) is 0 Å². The summed E-state index contributed by atoms with van der Waals surface area (Å²) in [7, 11) is 1.78. The zero-order valence-electron chi connectivity index (χ0n) is 19.3. The number of nitrogens with one attached hydrogen (secondary N) is 1. The maximum absolute atomic E-state index is 13.7. The Balaban J connectivity index is 1.36. The summed E-state index contributed by atoms with van der Waals surface area (Å²) in [5, 5.41) is 3.10. The molecule has 1 N–H and O–H groups in total. The average molecular weight is 494 g/mol. The lowest BCUT2D eigenvalue weighted by atomic mass is 10.1. The highest BCUT2D eigenvalue weighted by Gasteiger charge is 2.25. The molecule has 1 fully saturated rings. The Bertz CT molecular complexity index is 1330. The van der Waals surface area contributed by atoms with E-state index in [0.717, 1.165) is 19.6 Å². The van der Waals surface area contributed by atoms with Gasteiger partial charge < -0.3 is 19.5 Å². The number of carbonyl (C=O) groups excluding carboxylic acids is 2. The highest BCUT2D eigenvalue weighted by Crippen LogP contribution is 2.35. The van der Waals surface area contributed by atoms with Crippen LogP contribution in [0.15, 0.2) is 52.9 Å². The molecule has 3 aromatic rings. The van der Waals surface area contributed by atoms with E-state index in [4.69, 9.17) is 16.0 Å². The van der Waals surface area contributed by atoms with Crippen LogP contribution in [0.1, 0.15) is 34.5 Å². The lowest BCUT2D eigenvalue weighted by Gasteiger charge is -2.22. The number of likely N-dealkylation sites (tertiary alicyclic amines) is 1. The monoisotopic (exact) mass is 493 g/mol. The van der Waals surface area contributed by atoms with E-state index in [2.05, 4.69) is 10.2 Å². The van der Waals surface area contributed by atoms with Gasteiger partial charge in [0.25, 0.3) is 11.8 Å². The van der Waals surface area contributed by atoms with Gasteiger partial charge >= 0.3 is 0 Å². The van der Waals surface area contributed by atoms with Crippen molar-refractivity contribution in [2.75, 3.05) is 38.5 Å². The van der Waals surface area contributed by atoms with Crippen LogP contribution >= 0.6 is 11.6 Å². The van der Waals surface area contributed by atoms with Crippen LogP contribution in [0.4, 0.5) is 10.1 Å². The van der Waals surface area contributed by atoms with Crippen LogP contribution in [0.5, 0.6) is 0 Å². The van der Waals surface area contributed by atoms with Crippen molar-refractivity contribution < 1.29 is 18.4 Å². The second kappa shape index (κ2) is 9.68. The third-order valence-electron chi connectivity index (χ3n) is 6.46. The van der Waals surface area contributed by atoms with Crippen LogP contribution < -0.4 is 5.32 Å². The number of nitrogens with zero attached hydrogens (tertiary/aromatic N) is 2. The van der Waals surface area contributed by atoms with Crippen LogP contribution in [-0.4, -0.2) is 54.8 Å². The number of likely N-dealkylation sites (N-methyl/N-ethyl adjacent to an activating group) is 1. The van der Waals surface area contributed by atoms with E-state index in [1.165, 1.54) is 31.0 Å². The first-order chi connectivity index (χ1) is 16.9. The summed E-state index contributed by atoms with van der Waals surface area (Å²) in [6.07, 6.45) is 4.00. The number of anilines is 1. The first kappa shape index (κ1) is 23.3. The molecule has 1 aromatic heterocycles. The molecule has 2 aliphatic rings. The van der Waals surface area contributed by atoms with Crippen LogP contribution in [-0.2, 0) is 4.79 Å². The summed E-state index contributed by atoms with van der Waals surface area (Å²) in [5.74, 6) is 0.0779. The molecule has 35 heavy (non-hydrogen) atoms. The van der Waals surface area contributed by atoms with Crippen LogP contribution in [0, 0.1) is 5.82 Å². The highest BCUT2D eigenvalue weighted by atomic mass is 35.5. The number of furan rings is 1. The number of benzene rings is 2. The van der Waals surface area contributed by atoms with Crippen LogP contribution in [0.2, 0.25) is 5.02 Å². The Morgan fingerprint density at radius 3 is 2.77 bits per heavy atom. The lowest BCUT2D eigenvalue weighted by Crippen LogP contribution is -2.35. The number of halogens is 2. The van der Waals surface area contributed by atoms with Gasteiger partial charge in [-0.05, 0) is 80.5 Å². The predicted molar refractivity (Wildman–Crippen MR) is 135 cm³/mol. The van der Waals surface area contributed by atoms with E-state index in [0.29, 0.717) is 51.0 Å². The number of carbonyl (C=O) groups is 2. The van der Waals surface area contributed by atoms with Crippen molar-refractivity contribution in [1.82, 2.24) is 9.80 Å². The minimum Gasteiger partial charge on any atom is -0.457 e. The zero-order valence-corrected chi connectivity index (χ0v) is 20.1. The molecule has 180 valence electrons. The van der Waals surface area contributed by atoms with Gasteiger partial charge in [-0.3, -0.25) is 9.59 Å². The molecular weight excluding hydrogens is 469 g/mol. The molecule has 2 aliphatic heterocycles. The quantitative estimate of drug-likeness (QED) is 0.467. The smallest absolute Gasteiger partial charge is 0.256 e. The normalized spacial score (nSPS) is 16.5. The third-order valence-corrected chi connectivity index (χ3v) is 6.79. The number of hydrogen-bond donors (Lipinski definition) is 1. The molecule has 0 aliphatic carbocycles. The maximum atomic E-state index is 13.7. The molecule has 6 nitrogen and oxygen atoms in total. The molecule has 0 unspecified atom stereocenters. The topological polar surface area (TPSA) is 65.8 Å². The molecule has 8 heteroatoms. The van der Waals surface area contributed by atoms with Crippen molar-refractivity contribution in [2.45, 2.75) is 12.8 Å². The second-order valence-electron chi connectivity index (χ2n) is 8.87. The van der Waals surface area contributed by atoms with Crippen molar-refractivity contribution >= 4 is 40.8 Å². The van der Waals surface area contributed by atoms with Gasteiger partial charge in [0, 0.05) is 37.0 Å². The minimum atomic E-state index is -0.421. The molecule has 3 heterocycles. The van der Waals surface area contributed by atoms with E-state index in [1.807, 2.05) is 0 Å². The fourth-order valence-electron chi connectivity index (χ4n) is 4.48. The standard InChI is InChI=1S/C27H25ClFN3O3/c1-31(12-13-32-10-2-3-11-32)27(34)22-14-17(4-7-23(22)28)25-9-6-19(35-25)16-21-20-15-18(29)5-8-24(20)30-26(21)33/h4-9,14-16H,2-3,10-13H2,1H3,(H,30,33). The van der Waals surface area contributed by atoms with E-state index in [-0.39, 0.29) is 11.8 Å². The van der Waals surface area contributed by atoms with Crippen molar-refractivity contribution in [2.24, 2.45) is 0 Å². The predicted octanol–water partition coefficient (Wildman–Crippen LogP) is 5.40. The maximum Gasteiger partial charge on any atom is 0.256 e. The summed E-state index contributed by atoms with van der Waals surface area (Å²) in [6.45, 7) is 3.63. The third kappa shape index (κ3) is 4.88. The van der Waals surface area contributed by atoms with E-state index >= 15 is 0 Å². The second-order valence-corrected chi connectivity index (χ2v) is 9.28. The molecule has 2 amide bonds. The van der Waals surface area contributed by atoms with E-state index in [9.17, 15) is 14.0 Å². The Kier molecular flexibility index (Phi) is 6.45. The minimum absolute atomic E-state index is 0.147. The summed E-state index contributed by atoms with van der Waals surface area (Å²) < 4.78 is 19.7. The molecule has 0 radical (unpaired) electrons. The fourth-order valence-corrected chi connectivity index (χ4v) is 4.68. The van der Waals surface area contributed by atoms with Gasteiger partial charge in [-0.2, -0.15) is 0 Å². The van der Waals surface area contributed by atoms with Crippen molar-refractivity contribution in [3.63, 3.8) is 0 Å². The SMILES string of the molecule is CN(CCN1CCCC1)C(=O)c1cc(-c2ccc(C=C3C(=O)Nc4ccc(F)cc43)o2)ccc1Cl. The molecule has 0 bridgehead atoms. The number of amides is 2. The molecular formula is C27H25ClFN3O3. The summed E-state index contributed by atoms with van der Waals surface area (Å²) >= 11 is 6.37. The zero-order chi connectivity index (χ0) is 24.5. The summed E-state index contributed by atoms with van der Waals surface area (Å²) in [4.78, 5) is 29.5. The lowest BCUT2D eigenvalue weighted by molar-refractivity contribution is -0.110. The van der Waals surface area contributed by atoms with Crippen molar-refractivity contribution in [1.29, 1.82) is 0 Å². The Hall–Kier alpha value is -3.42. The molecule has 2 aromatic carbocycles. The molecule has 0 atom stereocenters. The molecule has 0 saturated carbocycles. The van der Waals surface area contributed by atoms with E-state index in [1.54, 1.807) is 48.4 Å². The van der Waals surface area contributed by atoms with Gasteiger partial charge in [0.2, 0.25) is 0 Å². The van der Waals surface area contributed by atoms with Gasteiger partial charge in [-0.25, -0.2) is 4.39 Å². The Labute approximate surface area is 208 Å². The molecule has 1 saturated heterocycles. The van der Waals surface area contributed by atoms with Gasteiger partial charge in [0.05, 0.1) is 16.2 Å². The first-order valence-electron chi connectivity index (χ1n) is 11.6. The summed E-state index contributed by atoms with van der Waals surface area (Å²) in [5.41, 5.74) is 2.47. The van der Waals surface area contributed by atoms with Crippen LogP contribution in [0.3, 0.4) is 0 Å². The van der Waals surface area contributed by atoms with Gasteiger partial charge in [0.1, 0.15) is 17.3 Å². The van der Waals surface area contributed by atoms with Crippen molar-refractivity contribution in [3.05, 3.63) is 76.3 Å². The molecule has 0 spiro atoms. The Morgan fingerprint density at radius 2 is 1.97 bits per heavy atom. The van der Waals surface area contributed by atoms with Crippen LogP contribution in [0.25, 0.3) is 23.0 Å². The average Bonchev–Trinajstić information content (AvgIpc) is 3.59. The largest absolute Gasteiger partial charge is 0.457 e. The van der Waals surface area contributed by atoms with Gasteiger partial charge in [0.15, 0.2) is 0 Å². The van der Waals surface area contributed by atoms with E-state index < -0.39 is 5.82 Å².